The largest absolute Gasteiger partial charge is 0.339 e. The van der Waals surface area contributed by atoms with E-state index in [4.69, 9.17) is 0 Å². The van der Waals surface area contributed by atoms with Crippen LogP contribution >= 0.6 is 11.3 Å². The van der Waals surface area contributed by atoms with Crippen molar-refractivity contribution in [3.05, 3.63) is 16.1 Å². The Morgan fingerprint density at radius 1 is 1.73 bits per heavy atom. The van der Waals surface area contributed by atoms with Gasteiger partial charge >= 0.3 is 6.03 Å². The third kappa shape index (κ3) is 3.49. The number of hydroxylamine groups is 1. The highest BCUT2D eigenvalue weighted by Crippen LogP contribution is 2.16. The second-order valence-electron chi connectivity index (χ2n) is 3.02. The molecule has 0 aliphatic carbocycles. The van der Waals surface area contributed by atoms with Gasteiger partial charge in [0, 0.05) is 5.38 Å². The van der Waals surface area contributed by atoms with Crippen LogP contribution in [0, 0.1) is 0 Å². The topological polar surface area (TPSA) is 63.2 Å². The van der Waals surface area contributed by atoms with Crippen LogP contribution in [0.2, 0.25) is 0 Å². The van der Waals surface area contributed by atoms with Gasteiger partial charge < -0.3 is 5.32 Å². The number of aromatic nitrogens is 1. The van der Waals surface area contributed by atoms with Crippen molar-refractivity contribution >= 4 is 17.4 Å². The Labute approximate surface area is 92.8 Å². The number of urea groups is 1. The maximum Gasteiger partial charge on any atom is 0.339 e. The van der Waals surface area contributed by atoms with Crippen LogP contribution in [0.5, 0.6) is 0 Å². The number of hydrogen-bond acceptors (Lipinski definition) is 4. The van der Waals surface area contributed by atoms with E-state index in [-0.39, 0.29) is 12.1 Å². The van der Waals surface area contributed by atoms with Gasteiger partial charge in [-0.1, -0.05) is 6.92 Å². The third-order valence-corrected chi connectivity index (χ3v) is 2.87. The molecule has 2 amide bonds. The molecular formula is C9H15N3O2S. The smallest absolute Gasteiger partial charge is 0.328 e. The van der Waals surface area contributed by atoms with E-state index < -0.39 is 0 Å². The molecule has 0 saturated heterocycles. The molecule has 0 spiro atoms. The van der Waals surface area contributed by atoms with E-state index in [1.807, 2.05) is 12.3 Å². The number of carbonyl (C=O) groups is 1. The molecule has 1 atom stereocenters. The van der Waals surface area contributed by atoms with Crippen LogP contribution in [0.1, 0.15) is 30.6 Å². The normalized spacial score (nSPS) is 12.2. The van der Waals surface area contributed by atoms with E-state index in [9.17, 15) is 4.79 Å². The molecular weight excluding hydrogens is 214 g/mol. The molecule has 6 heteroatoms. The van der Waals surface area contributed by atoms with E-state index in [1.54, 1.807) is 11.3 Å². The first-order valence-electron chi connectivity index (χ1n) is 4.71. The lowest BCUT2D eigenvalue weighted by molar-refractivity contribution is 0.106. The molecule has 5 nitrogen and oxygen atoms in total. The number of aryl methyl sites for hydroxylation is 1. The first-order chi connectivity index (χ1) is 7.17. The van der Waals surface area contributed by atoms with Crippen LogP contribution in [-0.4, -0.2) is 18.1 Å². The molecule has 1 rings (SSSR count). The molecule has 15 heavy (non-hydrogen) atoms. The Bertz CT molecular complexity index is 327. The summed E-state index contributed by atoms with van der Waals surface area (Å²) < 4.78 is 0. The molecule has 0 unspecified atom stereocenters. The Balaban J connectivity index is 2.52. The first-order valence-corrected chi connectivity index (χ1v) is 5.59. The van der Waals surface area contributed by atoms with E-state index >= 15 is 0 Å². The number of thiazole rings is 1. The summed E-state index contributed by atoms with van der Waals surface area (Å²) in [7, 11) is 1.39. The van der Waals surface area contributed by atoms with Crippen molar-refractivity contribution < 1.29 is 9.63 Å². The summed E-state index contributed by atoms with van der Waals surface area (Å²) in [4.78, 5) is 20.0. The summed E-state index contributed by atoms with van der Waals surface area (Å²) in [6, 6.07) is -0.479. The SMILES string of the molecule is CCc1nc([C@H](C)NC(=O)NOC)cs1. The summed E-state index contributed by atoms with van der Waals surface area (Å²) in [6.07, 6.45) is 0.918. The molecule has 84 valence electrons. The molecule has 0 radical (unpaired) electrons. The van der Waals surface area contributed by atoms with Crippen LogP contribution in [0.4, 0.5) is 4.79 Å². The quantitative estimate of drug-likeness (QED) is 0.771. The average Bonchev–Trinajstić information content (AvgIpc) is 2.66. The van der Waals surface area contributed by atoms with Gasteiger partial charge in [0.15, 0.2) is 0 Å². The second kappa shape index (κ2) is 5.67. The minimum absolute atomic E-state index is 0.114. The first kappa shape index (κ1) is 11.9. The standard InChI is InChI=1S/C9H15N3O2S/c1-4-8-11-7(5-15-8)6(2)10-9(13)12-14-3/h5-6H,4H2,1-3H3,(H2,10,12,13)/t6-/m0/s1. The van der Waals surface area contributed by atoms with Gasteiger partial charge in [-0.2, -0.15) is 0 Å². The van der Waals surface area contributed by atoms with Crippen molar-refractivity contribution in [1.29, 1.82) is 0 Å². The molecule has 1 heterocycles. The van der Waals surface area contributed by atoms with Crippen LogP contribution in [0.25, 0.3) is 0 Å². The van der Waals surface area contributed by atoms with E-state index in [1.165, 1.54) is 7.11 Å². The summed E-state index contributed by atoms with van der Waals surface area (Å²) in [5, 5.41) is 5.73. The average molecular weight is 229 g/mol. The van der Waals surface area contributed by atoms with Crippen molar-refractivity contribution in [2.75, 3.05) is 7.11 Å². The molecule has 2 N–H and O–H groups in total. The van der Waals surface area contributed by atoms with Crippen LogP contribution in [0.3, 0.4) is 0 Å². The predicted octanol–water partition coefficient (Wildman–Crippen LogP) is 1.63. The van der Waals surface area contributed by atoms with Crippen LogP contribution in [-0.2, 0) is 11.3 Å². The number of nitrogens with zero attached hydrogens (tertiary/aromatic N) is 1. The van der Waals surface area contributed by atoms with Crippen LogP contribution in [0.15, 0.2) is 5.38 Å². The maximum atomic E-state index is 11.1. The Morgan fingerprint density at radius 2 is 2.47 bits per heavy atom. The summed E-state index contributed by atoms with van der Waals surface area (Å²) in [5.74, 6) is 0. The van der Waals surface area contributed by atoms with Crippen molar-refractivity contribution in [2.45, 2.75) is 26.3 Å². The number of rotatable bonds is 4. The molecule has 0 saturated carbocycles. The Kier molecular flexibility index (Phi) is 4.51. The van der Waals surface area contributed by atoms with Crippen LogP contribution < -0.4 is 10.8 Å². The fraction of sp³-hybridized carbons (Fsp3) is 0.556. The summed E-state index contributed by atoms with van der Waals surface area (Å²) in [6.45, 7) is 3.93. The van der Waals surface area contributed by atoms with Crippen molar-refractivity contribution in [2.24, 2.45) is 0 Å². The minimum atomic E-state index is -0.365. The summed E-state index contributed by atoms with van der Waals surface area (Å²) >= 11 is 1.60. The maximum absolute atomic E-state index is 11.1. The van der Waals surface area contributed by atoms with Gasteiger partial charge in [0.05, 0.1) is 23.9 Å². The zero-order valence-corrected chi connectivity index (χ0v) is 9.85. The number of nitrogens with one attached hydrogen (secondary N) is 2. The van der Waals surface area contributed by atoms with Gasteiger partial charge in [0.25, 0.3) is 0 Å². The zero-order chi connectivity index (χ0) is 11.3. The molecule has 0 bridgehead atoms. The fourth-order valence-corrected chi connectivity index (χ4v) is 1.92. The van der Waals surface area contributed by atoms with Crippen molar-refractivity contribution in [3.63, 3.8) is 0 Å². The van der Waals surface area contributed by atoms with Gasteiger partial charge in [0.1, 0.15) is 0 Å². The highest BCUT2D eigenvalue weighted by molar-refractivity contribution is 7.09. The van der Waals surface area contributed by atoms with Gasteiger partial charge in [0.2, 0.25) is 0 Å². The number of amides is 2. The third-order valence-electron chi connectivity index (χ3n) is 1.86. The second-order valence-corrected chi connectivity index (χ2v) is 3.96. The lowest BCUT2D eigenvalue weighted by Crippen LogP contribution is -2.36. The van der Waals surface area contributed by atoms with E-state index in [2.05, 4.69) is 27.5 Å². The summed E-state index contributed by atoms with van der Waals surface area (Å²) in [5.41, 5.74) is 3.07. The van der Waals surface area contributed by atoms with E-state index in [0.29, 0.717) is 0 Å². The zero-order valence-electron chi connectivity index (χ0n) is 9.03. The van der Waals surface area contributed by atoms with Crippen molar-refractivity contribution in [1.82, 2.24) is 15.8 Å². The van der Waals surface area contributed by atoms with Crippen molar-refractivity contribution in [3.8, 4) is 0 Å². The molecule has 0 aromatic carbocycles. The number of hydrogen-bond donors (Lipinski definition) is 2. The van der Waals surface area contributed by atoms with Gasteiger partial charge in [-0.3, -0.25) is 4.84 Å². The lowest BCUT2D eigenvalue weighted by Gasteiger charge is -2.11. The lowest BCUT2D eigenvalue weighted by atomic mass is 10.3. The predicted molar refractivity (Wildman–Crippen MR) is 58.6 cm³/mol. The molecule has 0 aliphatic heterocycles. The van der Waals surface area contributed by atoms with E-state index in [0.717, 1.165) is 17.1 Å². The monoisotopic (exact) mass is 229 g/mol. The highest BCUT2D eigenvalue weighted by atomic mass is 32.1. The molecule has 1 aromatic rings. The number of carbonyl (C=O) groups excluding carboxylic acids is 1. The fourth-order valence-electron chi connectivity index (χ4n) is 1.08. The minimum Gasteiger partial charge on any atom is -0.328 e. The highest BCUT2D eigenvalue weighted by Gasteiger charge is 2.11. The molecule has 1 aromatic heterocycles. The Hall–Kier alpha value is -1.14. The van der Waals surface area contributed by atoms with Gasteiger partial charge in [-0.15, -0.1) is 11.3 Å². The molecule has 0 aliphatic rings. The van der Waals surface area contributed by atoms with Gasteiger partial charge in [-0.05, 0) is 13.3 Å². The van der Waals surface area contributed by atoms with Gasteiger partial charge in [-0.25, -0.2) is 15.3 Å². The Morgan fingerprint density at radius 3 is 3.00 bits per heavy atom. The molecule has 0 fully saturated rings.